The Morgan fingerprint density at radius 3 is 1.89 bits per heavy atom. The van der Waals surface area contributed by atoms with Crippen molar-refractivity contribution in [1.29, 1.82) is 0 Å². The third kappa shape index (κ3) is 4.31. The first-order valence-corrected chi connectivity index (χ1v) is 14.2. The number of hydrogen-bond acceptors (Lipinski definition) is 10. The van der Waals surface area contributed by atoms with Gasteiger partial charge in [-0.05, 0) is 48.7 Å². The number of rotatable bonds is 6. The predicted molar refractivity (Wildman–Crippen MR) is 165 cm³/mol. The third-order valence-corrected chi connectivity index (χ3v) is 8.59. The van der Waals surface area contributed by atoms with Crippen molar-refractivity contribution in [3.63, 3.8) is 0 Å². The molecule has 4 aromatic rings. The van der Waals surface area contributed by atoms with Crippen LogP contribution in [0.15, 0.2) is 30.3 Å². The van der Waals surface area contributed by atoms with Gasteiger partial charge in [0, 0.05) is 47.1 Å². The van der Waals surface area contributed by atoms with Gasteiger partial charge in [-0.15, -0.1) is 0 Å². The molecule has 0 saturated heterocycles. The molecule has 0 unspecified atom stereocenters. The number of aryl methyl sites for hydroxylation is 1. The van der Waals surface area contributed by atoms with Gasteiger partial charge in [0.1, 0.15) is 34.5 Å². The van der Waals surface area contributed by atoms with Gasteiger partial charge < -0.3 is 33.9 Å². The standard InChI is InChI=1S/C35H32O10/c1-15-8-18-28(21(9-15)42-4)34(39)30-24(45-7)12-23(44-6)29(31(30)32(18)37)25-17-10-16(41-3)11-22(43-5)27(17)33(38)26-19(25)13-35(2,40)14-20(26)36/h8-12,38,40H,13-14H2,1-7H3/t35-/m1/s1. The number of phenolic OH excluding ortho intramolecular Hbond substituents is 1. The van der Waals surface area contributed by atoms with E-state index in [9.17, 15) is 24.6 Å². The molecule has 2 aliphatic carbocycles. The van der Waals surface area contributed by atoms with Crippen LogP contribution >= 0.6 is 0 Å². The number of benzene rings is 4. The van der Waals surface area contributed by atoms with Crippen molar-refractivity contribution in [3.05, 3.63) is 69.3 Å². The second kappa shape index (κ2) is 10.5. The highest BCUT2D eigenvalue weighted by molar-refractivity contribution is 6.33. The molecule has 0 aromatic heterocycles. The van der Waals surface area contributed by atoms with E-state index in [4.69, 9.17) is 23.7 Å². The Kier molecular flexibility index (Phi) is 7.00. The maximum Gasteiger partial charge on any atom is 0.202 e. The lowest BCUT2D eigenvalue weighted by Crippen LogP contribution is -2.36. The number of phenols is 1. The topological polar surface area (TPSA) is 138 Å². The Morgan fingerprint density at radius 2 is 1.27 bits per heavy atom. The third-order valence-electron chi connectivity index (χ3n) is 8.59. The molecule has 45 heavy (non-hydrogen) atoms. The molecule has 2 aliphatic rings. The minimum absolute atomic E-state index is 0.00770. The number of methoxy groups -OCH3 is 5. The highest BCUT2D eigenvalue weighted by Gasteiger charge is 2.43. The molecular weight excluding hydrogens is 580 g/mol. The van der Waals surface area contributed by atoms with Crippen LogP contribution in [0.4, 0.5) is 0 Å². The van der Waals surface area contributed by atoms with Crippen LogP contribution in [0.25, 0.3) is 21.9 Å². The molecule has 0 fully saturated rings. The summed E-state index contributed by atoms with van der Waals surface area (Å²) in [4.78, 5) is 42.7. The van der Waals surface area contributed by atoms with E-state index in [-0.39, 0.29) is 85.9 Å². The normalized spacial score (nSPS) is 17.0. The van der Waals surface area contributed by atoms with Crippen molar-refractivity contribution in [2.45, 2.75) is 32.3 Å². The van der Waals surface area contributed by atoms with Gasteiger partial charge in [-0.1, -0.05) is 0 Å². The first-order chi connectivity index (χ1) is 21.4. The average Bonchev–Trinajstić information content (AvgIpc) is 3.00. The zero-order valence-corrected chi connectivity index (χ0v) is 26.0. The first kappa shape index (κ1) is 30.0. The van der Waals surface area contributed by atoms with Crippen molar-refractivity contribution in [2.24, 2.45) is 0 Å². The largest absolute Gasteiger partial charge is 0.506 e. The zero-order valence-electron chi connectivity index (χ0n) is 26.0. The van der Waals surface area contributed by atoms with E-state index in [1.807, 2.05) is 0 Å². The molecule has 232 valence electrons. The lowest BCUT2D eigenvalue weighted by atomic mass is 9.72. The van der Waals surface area contributed by atoms with Crippen LogP contribution in [0.5, 0.6) is 34.5 Å². The Hall–Kier alpha value is -5.09. The molecular formula is C35H32O10. The van der Waals surface area contributed by atoms with Gasteiger partial charge >= 0.3 is 0 Å². The summed E-state index contributed by atoms with van der Waals surface area (Å²) in [7, 11) is 7.12. The molecule has 10 heteroatoms. The van der Waals surface area contributed by atoms with Gasteiger partial charge in [-0.25, -0.2) is 0 Å². The smallest absolute Gasteiger partial charge is 0.202 e. The number of ether oxygens (including phenoxy) is 5. The van der Waals surface area contributed by atoms with Crippen molar-refractivity contribution in [2.75, 3.05) is 35.5 Å². The minimum Gasteiger partial charge on any atom is -0.506 e. The van der Waals surface area contributed by atoms with E-state index in [1.54, 1.807) is 31.2 Å². The van der Waals surface area contributed by atoms with Crippen LogP contribution in [0, 0.1) is 6.92 Å². The zero-order chi connectivity index (χ0) is 32.5. The Labute approximate surface area is 259 Å². The number of Topliss-reactive ketones (excluding diaryl/α,β-unsaturated/α-hetero) is 1. The molecule has 1 atom stereocenters. The Balaban J connectivity index is 1.88. The van der Waals surface area contributed by atoms with Gasteiger partial charge in [0.25, 0.3) is 0 Å². The molecule has 0 saturated carbocycles. The molecule has 4 aromatic carbocycles. The van der Waals surface area contributed by atoms with E-state index in [0.29, 0.717) is 22.3 Å². The van der Waals surface area contributed by atoms with E-state index >= 15 is 0 Å². The molecule has 0 bridgehead atoms. The summed E-state index contributed by atoms with van der Waals surface area (Å²) in [5, 5.41) is 23.4. The van der Waals surface area contributed by atoms with E-state index in [1.165, 1.54) is 48.5 Å². The van der Waals surface area contributed by atoms with Crippen molar-refractivity contribution in [1.82, 2.24) is 0 Å². The summed E-state index contributed by atoms with van der Waals surface area (Å²) in [6, 6.07) is 8.04. The fourth-order valence-corrected chi connectivity index (χ4v) is 6.75. The molecule has 10 nitrogen and oxygen atoms in total. The fourth-order valence-electron chi connectivity index (χ4n) is 6.75. The van der Waals surface area contributed by atoms with Gasteiger partial charge in [0.2, 0.25) is 5.78 Å². The number of fused-ring (bicyclic) bond motifs is 4. The second-order valence-electron chi connectivity index (χ2n) is 11.6. The quantitative estimate of drug-likeness (QED) is 0.263. The monoisotopic (exact) mass is 612 g/mol. The molecule has 0 spiro atoms. The van der Waals surface area contributed by atoms with E-state index in [2.05, 4.69) is 0 Å². The van der Waals surface area contributed by atoms with E-state index in [0.717, 1.165) is 0 Å². The number of carbonyl (C=O) groups excluding carboxylic acids is 3. The second-order valence-corrected chi connectivity index (χ2v) is 11.6. The van der Waals surface area contributed by atoms with Gasteiger partial charge in [0.15, 0.2) is 11.6 Å². The molecule has 0 aliphatic heterocycles. The van der Waals surface area contributed by atoms with Crippen molar-refractivity contribution in [3.8, 4) is 45.6 Å². The maximum absolute atomic E-state index is 14.7. The fraction of sp³-hybridized carbons (Fsp3) is 0.286. The average molecular weight is 613 g/mol. The number of hydrogen-bond donors (Lipinski definition) is 2. The summed E-state index contributed by atoms with van der Waals surface area (Å²) < 4.78 is 28.3. The molecule has 0 amide bonds. The summed E-state index contributed by atoms with van der Waals surface area (Å²) in [5.74, 6) is -0.700. The van der Waals surface area contributed by atoms with Gasteiger partial charge in [-0.2, -0.15) is 0 Å². The van der Waals surface area contributed by atoms with Crippen LogP contribution in [0.2, 0.25) is 0 Å². The van der Waals surface area contributed by atoms with Crippen LogP contribution in [-0.2, 0) is 6.42 Å². The van der Waals surface area contributed by atoms with E-state index < -0.39 is 23.0 Å². The predicted octanol–water partition coefficient (Wildman–Crippen LogP) is 5.22. The molecule has 6 rings (SSSR count). The summed E-state index contributed by atoms with van der Waals surface area (Å²) >= 11 is 0. The number of ketones is 3. The summed E-state index contributed by atoms with van der Waals surface area (Å²) in [6.07, 6.45) is -0.291. The van der Waals surface area contributed by atoms with Crippen molar-refractivity contribution < 1.29 is 48.3 Å². The number of aromatic hydroxyl groups is 1. The lowest BCUT2D eigenvalue weighted by Gasteiger charge is -2.33. The van der Waals surface area contributed by atoms with Crippen molar-refractivity contribution >= 4 is 28.1 Å². The SMILES string of the molecule is COc1cc(OC)c2c(O)c3c(c(-c4c(OC)cc(OC)c5c4C(=O)c4cc(C)cc(OC)c4C5=O)c2c1)C[C@@](C)(O)CC3=O. The molecule has 0 heterocycles. The van der Waals surface area contributed by atoms with Crippen LogP contribution in [0.3, 0.4) is 0 Å². The number of carbonyl (C=O) groups is 3. The minimum atomic E-state index is -1.47. The van der Waals surface area contributed by atoms with Gasteiger partial charge in [-0.3, -0.25) is 14.4 Å². The maximum atomic E-state index is 14.7. The van der Waals surface area contributed by atoms with Gasteiger partial charge in [0.05, 0.1) is 63.2 Å². The summed E-state index contributed by atoms with van der Waals surface area (Å²) in [6.45, 7) is 3.32. The number of aliphatic hydroxyl groups is 1. The Morgan fingerprint density at radius 1 is 0.644 bits per heavy atom. The molecule has 2 N–H and O–H groups in total. The van der Waals surface area contributed by atoms with Crippen LogP contribution < -0.4 is 23.7 Å². The highest BCUT2D eigenvalue weighted by Crippen LogP contribution is 2.54. The van der Waals surface area contributed by atoms with Crippen LogP contribution in [-0.4, -0.2) is 68.7 Å². The van der Waals surface area contributed by atoms with Crippen LogP contribution in [0.1, 0.15) is 66.7 Å². The summed E-state index contributed by atoms with van der Waals surface area (Å²) in [5.41, 5.74) is 0.236. The highest BCUT2D eigenvalue weighted by atomic mass is 16.5. The Bertz CT molecular complexity index is 1990. The first-order valence-electron chi connectivity index (χ1n) is 14.2. The molecule has 0 radical (unpaired) electrons. The lowest BCUT2D eigenvalue weighted by molar-refractivity contribution is 0.0410.